The SMILES string of the molecule is C=Nc1c(C(C)=O)cnn1C. The van der Waals surface area contributed by atoms with Gasteiger partial charge in [0, 0.05) is 7.05 Å². The number of rotatable bonds is 2. The van der Waals surface area contributed by atoms with E-state index in [1.54, 1.807) is 7.05 Å². The zero-order valence-corrected chi connectivity index (χ0v) is 6.53. The highest BCUT2D eigenvalue weighted by molar-refractivity contribution is 5.98. The maximum absolute atomic E-state index is 10.9. The molecule has 58 valence electrons. The van der Waals surface area contributed by atoms with Crippen LogP contribution in [0.3, 0.4) is 0 Å². The van der Waals surface area contributed by atoms with Crippen LogP contribution >= 0.6 is 0 Å². The quantitative estimate of drug-likeness (QED) is 0.466. The topological polar surface area (TPSA) is 47.2 Å². The average molecular weight is 151 g/mol. The molecule has 0 aromatic carbocycles. The van der Waals surface area contributed by atoms with Gasteiger partial charge in [-0.1, -0.05) is 0 Å². The molecule has 0 amide bonds. The molecule has 0 aliphatic rings. The third-order valence-corrected chi connectivity index (χ3v) is 1.44. The van der Waals surface area contributed by atoms with Crippen molar-refractivity contribution in [2.45, 2.75) is 6.92 Å². The van der Waals surface area contributed by atoms with Crippen LogP contribution in [-0.2, 0) is 7.05 Å². The standard InChI is InChI=1S/C7H9N3O/c1-5(11)6-4-9-10(3)7(6)8-2/h4H,2H2,1,3H3. The lowest BCUT2D eigenvalue weighted by atomic mass is 10.2. The van der Waals surface area contributed by atoms with E-state index >= 15 is 0 Å². The van der Waals surface area contributed by atoms with Gasteiger partial charge in [-0.25, -0.2) is 4.99 Å². The van der Waals surface area contributed by atoms with Crippen molar-refractivity contribution in [2.24, 2.45) is 12.0 Å². The third-order valence-electron chi connectivity index (χ3n) is 1.44. The molecule has 0 aliphatic carbocycles. The monoisotopic (exact) mass is 151 g/mol. The molecule has 1 aromatic heterocycles. The molecule has 0 unspecified atom stereocenters. The Morgan fingerprint density at radius 1 is 1.82 bits per heavy atom. The number of carbonyl (C=O) groups is 1. The van der Waals surface area contributed by atoms with Crippen molar-refractivity contribution in [1.82, 2.24) is 9.78 Å². The molecule has 1 aromatic rings. The van der Waals surface area contributed by atoms with Crippen molar-refractivity contribution >= 4 is 18.3 Å². The van der Waals surface area contributed by atoms with E-state index in [0.717, 1.165) is 0 Å². The van der Waals surface area contributed by atoms with Crippen LogP contribution in [0.5, 0.6) is 0 Å². The van der Waals surface area contributed by atoms with Crippen molar-refractivity contribution < 1.29 is 4.79 Å². The first kappa shape index (κ1) is 7.65. The van der Waals surface area contributed by atoms with Gasteiger partial charge in [-0.2, -0.15) is 5.10 Å². The van der Waals surface area contributed by atoms with Gasteiger partial charge in [-0.15, -0.1) is 0 Å². The second-order valence-electron chi connectivity index (χ2n) is 2.22. The lowest BCUT2D eigenvalue weighted by Crippen LogP contribution is -1.92. The van der Waals surface area contributed by atoms with Gasteiger partial charge in [-0.05, 0) is 13.6 Å². The van der Waals surface area contributed by atoms with Gasteiger partial charge in [-0.3, -0.25) is 9.48 Å². The number of nitrogens with zero attached hydrogens (tertiary/aromatic N) is 3. The number of aliphatic imine (C=N–C) groups is 1. The van der Waals surface area contributed by atoms with Crippen LogP contribution in [0, 0.1) is 0 Å². The summed E-state index contributed by atoms with van der Waals surface area (Å²) in [6.45, 7) is 4.82. The summed E-state index contributed by atoms with van der Waals surface area (Å²) in [4.78, 5) is 14.6. The Kier molecular flexibility index (Phi) is 1.85. The third kappa shape index (κ3) is 1.19. The minimum absolute atomic E-state index is 0.0412. The molecule has 1 rings (SSSR count). The fourth-order valence-electron chi connectivity index (χ4n) is 0.867. The van der Waals surface area contributed by atoms with E-state index in [1.165, 1.54) is 17.8 Å². The lowest BCUT2D eigenvalue weighted by molar-refractivity contribution is 0.101. The molecule has 0 N–H and O–H groups in total. The maximum Gasteiger partial charge on any atom is 0.165 e. The maximum atomic E-state index is 10.9. The number of Topliss-reactive ketones (excluding diaryl/α,β-unsaturated/α-hetero) is 1. The highest BCUT2D eigenvalue weighted by Gasteiger charge is 2.09. The van der Waals surface area contributed by atoms with Gasteiger partial charge < -0.3 is 0 Å². The second kappa shape index (κ2) is 2.65. The first-order chi connectivity index (χ1) is 5.16. The Labute approximate surface area is 64.6 Å². The lowest BCUT2D eigenvalue weighted by Gasteiger charge is -1.94. The minimum atomic E-state index is -0.0412. The van der Waals surface area contributed by atoms with Crippen LogP contribution in [0.25, 0.3) is 0 Å². The number of aryl methyl sites for hydroxylation is 1. The van der Waals surface area contributed by atoms with Crippen molar-refractivity contribution in [2.75, 3.05) is 0 Å². The van der Waals surface area contributed by atoms with Crippen LogP contribution in [0.2, 0.25) is 0 Å². The van der Waals surface area contributed by atoms with Gasteiger partial charge in [0.2, 0.25) is 0 Å². The molecule has 0 bridgehead atoms. The Balaban J connectivity index is 3.26. The fraction of sp³-hybridized carbons (Fsp3) is 0.286. The first-order valence-electron chi connectivity index (χ1n) is 3.16. The van der Waals surface area contributed by atoms with Crippen LogP contribution < -0.4 is 0 Å². The Morgan fingerprint density at radius 2 is 2.45 bits per heavy atom. The molecular weight excluding hydrogens is 142 g/mol. The van der Waals surface area contributed by atoms with Gasteiger partial charge in [0.05, 0.1) is 11.8 Å². The molecule has 4 heteroatoms. The Morgan fingerprint density at radius 3 is 2.82 bits per heavy atom. The molecule has 0 saturated heterocycles. The van der Waals surface area contributed by atoms with Crippen LogP contribution in [0.15, 0.2) is 11.2 Å². The smallest absolute Gasteiger partial charge is 0.165 e. The molecule has 0 aliphatic heterocycles. The van der Waals surface area contributed by atoms with Crippen LogP contribution in [0.1, 0.15) is 17.3 Å². The molecule has 0 atom stereocenters. The molecule has 1 heterocycles. The van der Waals surface area contributed by atoms with Crippen LogP contribution in [0.4, 0.5) is 5.82 Å². The van der Waals surface area contributed by atoms with Gasteiger partial charge in [0.25, 0.3) is 0 Å². The largest absolute Gasteiger partial charge is 0.294 e. The minimum Gasteiger partial charge on any atom is -0.294 e. The zero-order chi connectivity index (χ0) is 8.43. The molecular formula is C7H9N3O. The van der Waals surface area contributed by atoms with Crippen molar-refractivity contribution in [1.29, 1.82) is 0 Å². The van der Waals surface area contributed by atoms with Gasteiger partial charge in [0.15, 0.2) is 11.6 Å². The van der Waals surface area contributed by atoms with Gasteiger partial charge >= 0.3 is 0 Å². The highest BCUT2D eigenvalue weighted by atomic mass is 16.1. The number of hydrogen-bond donors (Lipinski definition) is 0. The molecule has 0 fully saturated rings. The number of ketones is 1. The summed E-state index contributed by atoms with van der Waals surface area (Å²) in [5, 5.41) is 3.87. The summed E-state index contributed by atoms with van der Waals surface area (Å²) in [6, 6.07) is 0. The van der Waals surface area contributed by atoms with E-state index < -0.39 is 0 Å². The van der Waals surface area contributed by atoms with E-state index in [1.807, 2.05) is 0 Å². The Bertz CT molecular complexity index is 301. The summed E-state index contributed by atoms with van der Waals surface area (Å²) in [5.41, 5.74) is 0.516. The van der Waals surface area contributed by atoms with E-state index in [0.29, 0.717) is 11.4 Å². The molecule has 4 nitrogen and oxygen atoms in total. The summed E-state index contributed by atoms with van der Waals surface area (Å²) >= 11 is 0. The molecule has 0 saturated carbocycles. The van der Waals surface area contributed by atoms with Crippen molar-refractivity contribution in [3.8, 4) is 0 Å². The fourth-order valence-corrected chi connectivity index (χ4v) is 0.867. The van der Waals surface area contributed by atoms with E-state index in [4.69, 9.17) is 0 Å². The van der Waals surface area contributed by atoms with Crippen molar-refractivity contribution in [3.05, 3.63) is 11.8 Å². The summed E-state index contributed by atoms with van der Waals surface area (Å²) in [7, 11) is 1.72. The predicted molar refractivity (Wildman–Crippen MR) is 42.4 cm³/mol. The van der Waals surface area contributed by atoms with E-state index in [2.05, 4.69) is 16.8 Å². The summed E-state index contributed by atoms with van der Waals surface area (Å²) in [6.07, 6.45) is 1.49. The highest BCUT2D eigenvalue weighted by Crippen LogP contribution is 2.16. The van der Waals surface area contributed by atoms with Crippen molar-refractivity contribution in [3.63, 3.8) is 0 Å². The average Bonchev–Trinajstić information content (AvgIpc) is 2.30. The Hall–Kier alpha value is -1.45. The summed E-state index contributed by atoms with van der Waals surface area (Å²) in [5.74, 6) is 0.484. The molecule has 11 heavy (non-hydrogen) atoms. The number of hydrogen-bond acceptors (Lipinski definition) is 3. The molecule has 0 radical (unpaired) electrons. The number of aromatic nitrogens is 2. The predicted octanol–water partition coefficient (Wildman–Crippen LogP) is 0.955. The van der Waals surface area contributed by atoms with Crippen LogP contribution in [-0.4, -0.2) is 22.3 Å². The first-order valence-corrected chi connectivity index (χ1v) is 3.16. The zero-order valence-electron chi connectivity index (χ0n) is 6.53. The normalized spacial score (nSPS) is 9.64. The van der Waals surface area contributed by atoms with Gasteiger partial charge in [0.1, 0.15) is 0 Å². The van der Waals surface area contributed by atoms with E-state index in [-0.39, 0.29) is 5.78 Å². The molecule has 0 spiro atoms. The summed E-state index contributed by atoms with van der Waals surface area (Å²) < 4.78 is 1.52. The second-order valence-corrected chi connectivity index (χ2v) is 2.22. The van der Waals surface area contributed by atoms with E-state index in [9.17, 15) is 4.79 Å². The number of carbonyl (C=O) groups excluding carboxylic acids is 1.